The first-order valence-electron chi connectivity index (χ1n) is 8.78. The Bertz CT molecular complexity index is 821. The Balaban J connectivity index is 0.00000261. The third-order valence-electron chi connectivity index (χ3n) is 4.59. The van der Waals surface area contributed by atoms with Crippen LogP contribution in [-0.4, -0.2) is 36.9 Å². The summed E-state index contributed by atoms with van der Waals surface area (Å²) in [7, 11) is 1.62. The highest BCUT2D eigenvalue weighted by molar-refractivity contribution is 8.93. The summed E-state index contributed by atoms with van der Waals surface area (Å²) in [6, 6.07) is 13.5. The molecule has 27 heavy (non-hydrogen) atoms. The topological polar surface area (TPSA) is 41.9 Å². The summed E-state index contributed by atoms with van der Waals surface area (Å²) in [5.41, 5.74) is 4.14. The van der Waals surface area contributed by atoms with Crippen LogP contribution in [-0.2, 0) is 0 Å². The molecule has 2 aromatic carbocycles. The van der Waals surface area contributed by atoms with Crippen molar-refractivity contribution in [3.63, 3.8) is 0 Å². The Morgan fingerprint density at radius 2 is 1.93 bits per heavy atom. The first-order valence-corrected chi connectivity index (χ1v) is 9.77. The number of ether oxygens (including phenoxy) is 1. The molecule has 4 nitrogen and oxygen atoms in total. The van der Waals surface area contributed by atoms with Crippen molar-refractivity contribution >= 4 is 45.4 Å². The van der Waals surface area contributed by atoms with Crippen molar-refractivity contribution in [2.75, 3.05) is 30.9 Å². The average molecular weight is 449 g/mol. The van der Waals surface area contributed by atoms with E-state index in [2.05, 4.69) is 35.9 Å². The number of carbonyl (C=O) groups is 1. The van der Waals surface area contributed by atoms with Gasteiger partial charge in [0, 0.05) is 23.5 Å². The number of hydrogen-bond donors (Lipinski definition) is 0. The predicted molar refractivity (Wildman–Crippen MR) is 120 cm³/mol. The van der Waals surface area contributed by atoms with Crippen molar-refractivity contribution in [3.8, 4) is 5.75 Å². The third kappa shape index (κ3) is 5.14. The largest absolute Gasteiger partial charge is 0.497 e. The lowest BCUT2D eigenvalue weighted by atomic mass is 10.1. The average Bonchev–Trinajstić information content (AvgIpc) is 2.69. The van der Waals surface area contributed by atoms with Crippen LogP contribution in [0.25, 0.3) is 0 Å². The number of hydrogen-bond acceptors (Lipinski definition) is 5. The van der Waals surface area contributed by atoms with Crippen LogP contribution in [0.4, 0.5) is 5.69 Å². The van der Waals surface area contributed by atoms with Crippen LogP contribution >= 0.6 is 28.7 Å². The van der Waals surface area contributed by atoms with Crippen LogP contribution < -0.4 is 9.64 Å². The van der Waals surface area contributed by atoms with Crippen molar-refractivity contribution in [3.05, 3.63) is 59.2 Å². The molecule has 0 fully saturated rings. The molecule has 1 aliphatic rings. The predicted octanol–water partition coefficient (Wildman–Crippen LogP) is 5.07. The Kier molecular flexibility index (Phi) is 7.92. The second-order valence-corrected chi connectivity index (χ2v) is 7.39. The van der Waals surface area contributed by atoms with E-state index in [9.17, 15) is 4.79 Å². The quantitative estimate of drug-likeness (QED) is 0.598. The highest BCUT2D eigenvalue weighted by Crippen LogP contribution is 2.28. The van der Waals surface area contributed by atoms with Gasteiger partial charge in [-0.3, -0.25) is 9.79 Å². The molecular formula is C21H25BrN2O2S. The van der Waals surface area contributed by atoms with Crippen LogP contribution in [0.3, 0.4) is 0 Å². The van der Waals surface area contributed by atoms with E-state index in [1.54, 1.807) is 18.9 Å². The summed E-state index contributed by atoms with van der Waals surface area (Å²) in [6.45, 7) is 5.30. The molecule has 0 atom stereocenters. The fourth-order valence-electron chi connectivity index (χ4n) is 2.91. The van der Waals surface area contributed by atoms with Gasteiger partial charge in [-0.1, -0.05) is 23.9 Å². The van der Waals surface area contributed by atoms with Crippen molar-refractivity contribution < 1.29 is 9.53 Å². The van der Waals surface area contributed by atoms with Crippen molar-refractivity contribution in [2.24, 2.45) is 4.99 Å². The van der Waals surface area contributed by atoms with Crippen LogP contribution in [0.1, 0.15) is 27.9 Å². The number of ketones is 1. The molecule has 1 heterocycles. The van der Waals surface area contributed by atoms with Gasteiger partial charge in [-0.25, -0.2) is 0 Å². The fourth-order valence-corrected chi connectivity index (χ4v) is 3.86. The van der Waals surface area contributed by atoms with Gasteiger partial charge < -0.3 is 9.64 Å². The van der Waals surface area contributed by atoms with Crippen LogP contribution in [0.15, 0.2) is 47.5 Å². The van der Waals surface area contributed by atoms with Gasteiger partial charge >= 0.3 is 0 Å². The maximum absolute atomic E-state index is 12.9. The number of methoxy groups -OCH3 is 1. The lowest BCUT2D eigenvalue weighted by Gasteiger charge is -2.29. The van der Waals surface area contributed by atoms with Gasteiger partial charge in [0.05, 0.1) is 13.7 Å². The molecule has 0 saturated heterocycles. The van der Waals surface area contributed by atoms with E-state index in [4.69, 9.17) is 4.74 Å². The van der Waals surface area contributed by atoms with Gasteiger partial charge in [0.2, 0.25) is 0 Å². The molecule has 0 saturated carbocycles. The normalized spacial score (nSPS) is 13.4. The van der Waals surface area contributed by atoms with Gasteiger partial charge in [0.1, 0.15) is 5.75 Å². The van der Waals surface area contributed by atoms with E-state index in [1.807, 2.05) is 30.3 Å². The van der Waals surface area contributed by atoms with Gasteiger partial charge in [-0.2, -0.15) is 0 Å². The number of rotatable bonds is 5. The minimum absolute atomic E-state index is 0. The standard InChI is InChI=1S/C21H24N2O2S.BrH/c1-15-6-4-7-19(16(15)2)23(21-22-12-5-13-26-21)14-20(24)17-8-10-18(25-3)11-9-17;/h4,6-11H,5,12-14H2,1-3H3;1H. The first kappa shape index (κ1) is 21.5. The van der Waals surface area contributed by atoms with Gasteiger partial charge in [0.15, 0.2) is 11.0 Å². The zero-order chi connectivity index (χ0) is 18.5. The molecule has 0 bridgehead atoms. The third-order valence-corrected chi connectivity index (χ3v) is 5.69. The second-order valence-electron chi connectivity index (χ2n) is 6.32. The molecule has 1 aliphatic heterocycles. The number of halogens is 1. The smallest absolute Gasteiger partial charge is 0.182 e. The number of nitrogens with zero attached hydrogens (tertiary/aromatic N) is 2. The lowest BCUT2D eigenvalue weighted by molar-refractivity contribution is 0.100. The molecule has 144 valence electrons. The number of aliphatic imine (C=N–C) groups is 1. The molecule has 3 rings (SSSR count). The summed E-state index contributed by atoms with van der Waals surface area (Å²) in [5, 5.41) is 0.937. The molecule has 0 aromatic heterocycles. The van der Waals surface area contributed by atoms with Crippen LogP contribution in [0.5, 0.6) is 5.75 Å². The molecule has 0 aliphatic carbocycles. The Hall–Kier alpha value is -1.79. The minimum Gasteiger partial charge on any atom is -0.497 e. The van der Waals surface area contributed by atoms with Crippen molar-refractivity contribution in [1.82, 2.24) is 0 Å². The highest BCUT2D eigenvalue weighted by Gasteiger charge is 2.22. The maximum Gasteiger partial charge on any atom is 0.182 e. The van der Waals surface area contributed by atoms with E-state index in [-0.39, 0.29) is 29.3 Å². The first-order chi connectivity index (χ1) is 12.6. The summed E-state index contributed by atoms with van der Waals surface area (Å²) < 4.78 is 5.18. The van der Waals surface area contributed by atoms with Gasteiger partial charge in [-0.15, -0.1) is 17.0 Å². The zero-order valence-corrected chi connectivity index (χ0v) is 18.4. The van der Waals surface area contributed by atoms with E-state index in [0.29, 0.717) is 5.56 Å². The molecule has 0 N–H and O–H groups in total. The molecule has 6 heteroatoms. The summed E-state index contributed by atoms with van der Waals surface area (Å²) in [5.74, 6) is 1.86. The number of carbonyl (C=O) groups excluding carboxylic acids is 1. The number of thioether (sulfide) groups is 1. The fraction of sp³-hybridized carbons (Fsp3) is 0.333. The summed E-state index contributed by atoms with van der Waals surface area (Å²) in [6.07, 6.45) is 1.08. The monoisotopic (exact) mass is 448 g/mol. The van der Waals surface area contributed by atoms with E-state index >= 15 is 0 Å². The SMILES string of the molecule is Br.COc1ccc(C(=O)CN(C2=NCCCS2)c2cccc(C)c2C)cc1. The van der Waals surface area contributed by atoms with Gasteiger partial charge in [-0.05, 0) is 61.7 Å². The van der Waals surface area contributed by atoms with E-state index < -0.39 is 0 Å². The van der Waals surface area contributed by atoms with Crippen LogP contribution in [0.2, 0.25) is 0 Å². The Morgan fingerprint density at radius 1 is 1.19 bits per heavy atom. The van der Waals surface area contributed by atoms with Crippen molar-refractivity contribution in [1.29, 1.82) is 0 Å². The number of anilines is 1. The summed E-state index contributed by atoms with van der Waals surface area (Å²) in [4.78, 5) is 19.7. The molecule has 2 aromatic rings. The second kappa shape index (κ2) is 9.95. The Labute approximate surface area is 175 Å². The molecule has 0 amide bonds. The number of Topliss-reactive ketones (excluding diaryl/α,β-unsaturated/α-hetero) is 1. The minimum atomic E-state index is 0. The molecule has 0 radical (unpaired) electrons. The molecule has 0 spiro atoms. The number of benzene rings is 2. The maximum atomic E-state index is 12.9. The number of aryl methyl sites for hydroxylation is 1. The van der Waals surface area contributed by atoms with Gasteiger partial charge in [0.25, 0.3) is 0 Å². The van der Waals surface area contributed by atoms with Crippen molar-refractivity contribution in [2.45, 2.75) is 20.3 Å². The lowest BCUT2D eigenvalue weighted by Crippen LogP contribution is -2.36. The van der Waals surface area contributed by atoms with Crippen LogP contribution in [0, 0.1) is 13.8 Å². The Morgan fingerprint density at radius 3 is 2.56 bits per heavy atom. The molecular weight excluding hydrogens is 424 g/mol. The zero-order valence-electron chi connectivity index (χ0n) is 15.9. The number of amidine groups is 1. The summed E-state index contributed by atoms with van der Waals surface area (Å²) >= 11 is 1.73. The molecule has 0 unspecified atom stereocenters. The van der Waals surface area contributed by atoms with E-state index in [0.717, 1.165) is 35.3 Å². The highest BCUT2D eigenvalue weighted by atomic mass is 79.9. The van der Waals surface area contributed by atoms with E-state index in [1.165, 1.54) is 11.1 Å².